The molecule has 2 aromatic rings. The van der Waals surface area contributed by atoms with Crippen molar-refractivity contribution in [3.8, 4) is 5.75 Å². The summed E-state index contributed by atoms with van der Waals surface area (Å²) in [7, 11) is 1.67. The van der Waals surface area contributed by atoms with E-state index >= 15 is 0 Å². The first kappa shape index (κ1) is 12.6. The van der Waals surface area contributed by atoms with E-state index in [0.29, 0.717) is 0 Å². The number of aromatic amines is 1. The number of hydrogen-bond acceptors (Lipinski definition) is 4. The molecule has 0 aromatic carbocycles. The molecule has 0 aliphatic carbocycles. The average Bonchev–Trinajstić information content (AvgIpc) is 2.88. The molecule has 0 radical (unpaired) electrons. The van der Waals surface area contributed by atoms with E-state index in [4.69, 9.17) is 4.74 Å². The Kier molecular flexibility index (Phi) is 3.77. The van der Waals surface area contributed by atoms with E-state index in [1.807, 2.05) is 12.1 Å². The number of methoxy groups -OCH3 is 1. The lowest BCUT2D eigenvalue weighted by Crippen LogP contribution is -2.02. The molecule has 3 heterocycles. The van der Waals surface area contributed by atoms with E-state index in [0.717, 1.165) is 46.2 Å². The number of alkyl halides is 1. The van der Waals surface area contributed by atoms with E-state index < -0.39 is 0 Å². The second-order valence-corrected chi connectivity index (χ2v) is 6.47. The Morgan fingerprint density at radius 2 is 2.37 bits per heavy atom. The number of halogens is 1. The van der Waals surface area contributed by atoms with E-state index in [-0.39, 0.29) is 20.7 Å². The largest absolute Gasteiger partial charge is 0.497 e. The van der Waals surface area contributed by atoms with Gasteiger partial charge in [0, 0.05) is 24.4 Å². The minimum atomic E-state index is 0.130. The Morgan fingerprint density at radius 3 is 3.21 bits per heavy atom. The quantitative estimate of drug-likeness (QED) is 0.492. The van der Waals surface area contributed by atoms with Gasteiger partial charge in [-0.2, -0.15) is 0 Å². The molecule has 0 fully saturated rings. The SMILES string of the molecule is COc1ccnc(CCc2nc3c([nH]2)NCI=C3)c1. The van der Waals surface area contributed by atoms with Crippen LogP contribution in [0.4, 0.5) is 5.82 Å². The molecule has 5 nitrogen and oxygen atoms in total. The molecule has 2 N–H and O–H groups in total. The van der Waals surface area contributed by atoms with E-state index in [9.17, 15) is 0 Å². The number of ether oxygens (including phenoxy) is 1. The van der Waals surface area contributed by atoms with Crippen LogP contribution in [-0.4, -0.2) is 30.6 Å². The molecule has 2 aromatic heterocycles. The van der Waals surface area contributed by atoms with Crippen LogP contribution in [0.2, 0.25) is 0 Å². The van der Waals surface area contributed by atoms with E-state index in [1.165, 1.54) is 0 Å². The Hall–Kier alpha value is -1.44. The van der Waals surface area contributed by atoms with Gasteiger partial charge in [-0.15, -0.1) is 0 Å². The molecule has 1 aliphatic rings. The highest BCUT2D eigenvalue weighted by Crippen LogP contribution is 2.19. The van der Waals surface area contributed by atoms with Crippen LogP contribution in [0.25, 0.3) is 0 Å². The first-order valence-corrected chi connectivity index (χ1v) is 8.85. The highest BCUT2D eigenvalue weighted by atomic mass is 127. The minimum Gasteiger partial charge on any atom is -0.497 e. The summed E-state index contributed by atoms with van der Waals surface area (Å²) >= 11 is 0.130. The lowest BCUT2D eigenvalue weighted by Gasteiger charge is -2.04. The predicted molar refractivity (Wildman–Crippen MR) is 84.5 cm³/mol. The van der Waals surface area contributed by atoms with Crippen LogP contribution < -0.4 is 10.1 Å². The number of H-pyrrole nitrogens is 1. The number of hydrogen-bond donors (Lipinski definition) is 2. The van der Waals surface area contributed by atoms with Gasteiger partial charge in [-0.05, 0) is 16.5 Å². The fourth-order valence-electron chi connectivity index (χ4n) is 1.95. The maximum absolute atomic E-state index is 5.20. The number of pyridine rings is 1. The van der Waals surface area contributed by atoms with Gasteiger partial charge in [-0.3, -0.25) is 4.98 Å². The van der Waals surface area contributed by atoms with Gasteiger partial charge in [-0.25, -0.2) is 4.98 Å². The van der Waals surface area contributed by atoms with Crippen LogP contribution in [0, 0.1) is 0 Å². The molecule has 3 rings (SSSR count). The summed E-state index contributed by atoms with van der Waals surface area (Å²) in [5, 5.41) is 3.36. The predicted octanol–water partition coefficient (Wildman–Crippen LogP) is 2.10. The molecular weight excluding hydrogens is 355 g/mol. The van der Waals surface area contributed by atoms with Gasteiger partial charge in [0.25, 0.3) is 0 Å². The molecule has 19 heavy (non-hydrogen) atoms. The first-order valence-electron chi connectivity index (χ1n) is 6.08. The maximum Gasteiger partial charge on any atom is 0.132 e. The summed E-state index contributed by atoms with van der Waals surface area (Å²) in [4.78, 5) is 12.3. The molecule has 6 heteroatoms. The normalized spacial score (nSPS) is 13.3. The van der Waals surface area contributed by atoms with Crippen molar-refractivity contribution in [1.29, 1.82) is 0 Å². The van der Waals surface area contributed by atoms with Gasteiger partial charge in [0.05, 0.1) is 11.7 Å². The summed E-state index contributed by atoms with van der Waals surface area (Å²) in [5.41, 5.74) is 2.12. The third-order valence-electron chi connectivity index (χ3n) is 2.92. The number of nitrogens with one attached hydrogen (secondary N) is 2. The second kappa shape index (κ2) is 5.68. The molecule has 0 bridgehead atoms. The third kappa shape index (κ3) is 2.94. The standard InChI is InChI=1S/C13H15IN4O/c1-19-10-4-5-15-9(6-10)2-3-12-17-11-7-14-8-16-13(11)18-12/h4-7,16H,2-3,8H2,1H3,(H,17,18). The van der Waals surface area contributed by atoms with Gasteiger partial charge < -0.3 is 15.0 Å². The number of aryl methyl sites for hydroxylation is 2. The number of rotatable bonds is 4. The fraction of sp³-hybridized carbons (Fsp3) is 0.308. The van der Waals surface area contributed by atoms with Crippen LogP contribution in [0.5, 0.6) is 5.75 Å². The molecule has 0 saturated heterocycles. The zero-order valence-corrected chi connectivity index (χ0v) is 12.8. The Balaban J connectivity index is 1.68. The van der Waals surface area contributed by atoms with E-state index in [1.54, 1.807) is 13.3 Å². The van der Waals surface area contributed by atoms with Crippen LogP contribution >= 0.6 is 20.7 Å². The molecule has 0 saturated carbocycles. The van der Waals surface area contributed by atoms with Gasteiger partial charge >= 0.3 is 0 Å². The van der Waals surface area contributed by atoms with E-state index in [2.05, 4.69) is 24.3 Å². The Labute approximate surface area is 121 Å². The van der Waals surface area contributed by atoms with Crippen molar-refractivity contribution in [2.24, 2.45) is 0 Å². The lowest BCUT2D eigenvalue weighted by molar-refractivity contribution is 0.413. The number of fused-ring (bicyclic) bond motifs is 1. The molecule has 100 valence electrons. The van der Waals surface area contributed by atoms with Crippen LogP contribution in [-0.2, 0) is 12.8 Å². The summed E-state index contributed by atoms with van der Waals surface area (Å²) in [6.07, 6.45) is 3.50. The Morgan fingerprint density at radius 1 is 1.42 bits per heavy atom. The van der Waals surface area contributed by atoms with Crippen molar-refractivity contribution < 1.29 is 4.74 Å². The van der Waals surface area contributed by atoms with Crippen molar-refractivity contribution in [3.63, 3.8) is 0 Å². The zero-order chi connectivity index (χ0) is 13.1. The fourth-order valence-corrected chi connectivity index (χ4v) is 3.64. The molecule has 0 spiro atoms. The summed E-state index contributed by atoms with van der Waals surface area (Å²) in [6.45, 7) is 0. The van der Waals surface area contributed by atoms with Crippen LogP contribution in [0.15, 0.2) is 18.3 Å². The molecule has 0 amide bonds. The number of aromatic nitrogens is 3. The van der Waals surface area contributed by atoms with Gasteiger partial charge in [-0.1, -0.05) is 20.7 Å². The number of nitrogens with zero attached hydrogens (tertiary/aromatic N) is 2. The number of anilines is 1. The summed E-state index contributed by atoms with van der Waals surface area (Å²) in [5.74, 6) is 2.94. The summed E-state index contributed by atoms with van der Waals surface area (Å²) in [6, 6.07) is 3.83. The minimum absolute atomic E-state index is 0.130. The van der Waals surface area contributed by atoms with Crippen molar-refractivity contribution in [3.05, 3.63) is 35.5 Å². The highest BCUT2D eigenvalue weighted by Gasteiger charge is 2.10. The number of imidazole rings is 1. The molecular formula is C13H15IN4O. The average molecular weight is 370 g/mol. The van der Waals surface area contributed by atoms with Crippen molar-refractivity contribution in [1.82, 2.24) is 15.0 Å². The van der Waals surface area contributed by atoms with Crippen LogP contribution in [0.3, 0.4) is 0 Å². The van der Waals surface area contributed by atoms with Crippen molar-refractivity contribution in [2.75, 3.05) is 17.0 Å². The highest BCUT2D eigenvalue weighted by molar-refractivity contribution is 14.2. The Bertz CT molecular complexity index is 608. The summed E-state index contributed by atoms with van der Waals surface area (Å²) < 4.78 is 8.56. The van der Waals surface area contributed by atoms with Gasteiger partial charge in [0.1, 0.15) is 23.1 Å². The van der Waals surface area contributed by atoms with Gasteiger partial charge in [0.2, 0.25) is 0 Å². The first-order chi connectivity index (χ1) is 9.35. The molecule has 1 aliphatic heterocycles. The zero-order valence-electron chi connectivity index (χ0n) is 10.6. The van der Waals surface area contributed by atoms with Crippen molar-refractivity contribution in [2.45, 2.75) is 12.8 Å². The van der Waals surface area contributed by atoms with Crippen molar-refractivity contribution >= 4 is 30.6 Å². The monoisotopic (exact) mass is 370 g/mol. The smallest absolute Gasteiger partial charge is 0.132 e. The second-order valence-electron chi connectivity index (χ2n) is 4.20. The molecule has 0 unspecified atom stereocenters. The van der Waals surface area contributed by atoms with Crippen LogP contribution in [0.1, 0.15) is 17.2 Å². The lowest BCUT2D eigenvalue weighted by atomic mass is 10.2. The van der Waals surface area contributed by atoms with Gasteiger partial charge in [0.15, 0.2) is 0 Å². The third-order valence-corrected chi connectivity index (χ3v) is 4.78. The molecule has 0 atom stereocenters. The topological polar surface area (TPSA) is 62.8 Å². The maximum atomic E-state index is 5.20.